The van der Waals surface area contributed by atoms with Gasteiger partial charge in [-0.3, -0.25) is 25.1 Å². The highest BCUT2D eigenvalue weighted by Gasteiger charge is 2.45. The minimum atomic E-state index is -0.425. The highest BCUT2D eigenvalue weighted by Crippen LogP contribution is 2.48. The fourth-order valence-corrected chi connectivity index (χ4v) is 3.85. The van der Waals surface area contributed by atoms with Crippen LogP contribution < -0.4 is 0 Å². The van der Waals surface area contributed by atoms with Crippen LogP contribution >= 0.6 is 0 Å². The van der Waals surface area contributed by atoms with Crippen LogP contribution in [0.3, 0.4) is 0 Å². The third kappa shape index (κ3) is 2.83. The summed E-state index contributed by atoms with van der Waals surface area (Å²) in [4.78, 5) is 23.2. The van der Waals surface area contributed by atoms with Gasteiger partial charge in [0, 0.05) is 30.8 Å². The molecule has 0 saturated carbocycles. The first-order chi connectivity index (χ1) is 12.5. The number of hydrogen-bond donors (Lipinski definition) is 0. The van der Waals surface area contributed by atoms with Crippen LogP contribution in [0.4, 0.5) is 11.4 Å². The first-order valence-corrected chi connectivity index (χ1v) is 8.44. The Morgan fingerprint density at radius 2 is 1.42 bits per heavy atom. The fourth-order valence-electron chi connectivity index (χ4n) is 3.85. The number of nitro benzene ring substituents is 2. The van der Waals surface area contributed by atoms with E-state index in [-0.39, 0.29) is 29.7 Å². The van der Waals surface area contributed by atoms with Crippen molar-refractivity contribution in [2.24, 2.45) is 0 Å². The van der Waals surface area contributed by atoms with Crippen molar-refractivity contribution in [3.63, 3.8) is 0 Å². The number of rotatable bonds is 4. The zero-order chi connectivity index (χ0) is 18.3. The standard InChI is InChI=1S/C18H17N3O5/c22-20(23)14-7-3-12(4-8-14)17-18(26-16-2-1-11-19(16)17)13-5-9-15(10-6-13)21(24)25/h3-10,16-18H,1-2,11H2/t16?,17-,18-/m1/s1. The molecule has 0 amide bonds. The lowest BCUT2D eigenvalue weighted by Gasteiger charge is -2.25. The summed E-state index contributed by atoms with van der Waals surface area (Å²) in [5.74, 6) is 0. The van der Waals surface area contributed by atoms with Crippen molar-refractivity contribution in [2.45, 2.75) is 31.2 Å². The van der Waals surface area contributed by atoms with Gasteiger partial charge in [-0.25, -0.2) is 0 Å². The normalized spacial score (nSPS) is 25.2. The Kier molecular flexibility index (Phi) is 4.14. The molecule has 2 aliphatic heterocycles. The minimum absolute atomic E-state index is 0.00961. The van der Waals surface area contributed by atoms with Crippen LogP contribution in [-0.4, -0.2) is 27.5 Å². The van der Waals surface area contributed by atoms with Crippen molar-refractivity contribution < 1.29 is 14.6 Å². The SMILES string of the molecule is O=[N+]([O-])c1ccc([C@H]2OC3CCCN3[C@@H]2c2ccc([N+](=O)[O-])cc2)cc1. The van der Waals surface area contributed by atoms with Crippen molar-refractivity contribution in [3.8, 4) is 0 Å². The van der Waals surface area contributed by atoms with Gasteiger partial charge in [-0.15, -0.1) is 0 Å². The lowest BCUT2D eigenvalue weighted by atomic mass is 9.95. The molecular formula is C18H17N3O5. The molecule has 2 heterocycles. The summed E-state index contributed by atoms with van der Waals surface area (Å²) >= 11 is 0. The second kappa shape index (κ2) is 6.47. The van der Waals surface area contributed by atoms with E-state index in [1.807, 2.05) is 0 Å². The number of benzene rings is 2. The van der Waals surface area contributed by atoms with E-state index in [0.29, 0.717) is 0 Å². The van der Waals surface area contributed by atoms with Crippen LogP contribution in [-0.2, 0) is 4.74 Å². The van der Waals surface area contributed by atoms with Crippen LogP contribution in [0, 0.1) is 20.2 Å². The van der Waals surface area contributed by atoms with E-state index in [1.54, 1.807) is 24.3 Å². The van der Waals surface area contributed by atoms with Gasteiger partial charge in [0.1, 0.15) is 12.3 Å². The summed E-state index contributed by atoms with van der Waals surface area (Å²) in [6.07, 6.45) is 1.73. The number of nitro groups is 2. The van der Waals surface area contributed by atoms with Gasteiger partial charge in [-0.2, -0.15) is 0 Å². The van der Waals surface area contributed by atoms with Crippen LogP contribution in [0.1, 0.15) is 36.1 Å². The zero-order valence-corrected chi connectivity index (χ0v) is 13.9. The molecule has 2 aromatic carbocycles. The van der Waals surface area contributed by atoms with Gasteiger partial charge in [-0.1, -0.05) is 12.1 Å². The second-order valence-corrected chi connectivity index (χ2v) is 6.53. The molecule has 2 aromatic rings. The summed E-state index contributed by atoms with van der Waals surface area (Å²) in [5.41, 5.74) is 1.91. The van der Waals surface area contributed by atoms with Gasteiger partial charge in [0.25, 0.3) is 11.4 Å². The Morgan fingerprint density at radius 3 is 1.96 bits per heavy atom. The molecule has 0 N–H and O–H groups in total. The molecular weight excluding hydrogens is 338 g/mol. The second-order valence-electron chi connectivity index (χ2n) is 6.53. The van der Waals surface area contributed by atoms with Gasteiger partial charge >= 0.3 is 0 Å². The Balaban J connectivity index is 1.68. The molecule has 0 bridgehead atoms. The maximum Gasteiger partial charge on any atom is 0.269 e. The van der Waals surface area contributed by atoms with Gasteiger partial charge in [0.15, 0.2) is 0 Å². The van der Waals surface area contributed by atoms with Crippen LogP contribution in [0.25, 0.3) is 0 Å². The Bertz CT molecular complexity index is 837. The molecule has 26 heavy (non-hydrogen) atoms. The lowest BCUT2D eigenvalue weighted by Crippen LogP contribution is -2.26. The van der Waals surface area contributed by atoms with E-state index in [9.17, 15) is 20.2 Å². The van der Waals surface area contributed by atoms with Crippen LogP contribution in [0.5, 0.6) is 0 Å². The smallest absolute Gasteiger partial charge is 0.269 e. The number of ether oxygens (including phenoxy) is 1. The number of hydrogen-bond acceptors (Lipinski definition) is 6. The van der Waals surface area contributed by atoms with E-state index in [4.69, 9.17) is 4.74 Å². The largest absolute Gasteiger partial charge is 0.353 e. The quantitative estimate of drug-likeness (QED) is 0.612. The molecule has 8 heteroatoms. The van der Waals surface area contributed by atoms with Crippen molar-refractivity contribution in [2.75, 3.05) is 6.54 Å². The Morgan fingerprint density at radius 1 is 0.885 bits per heavy atom. The molecule has 3 atom stereocenters. The predicted molar refractivity (Wildman–Crippen MR) is 92.5 cm³/mol. The summed E-state index contributed by atoms with van der Waals surface area (Å²) in [5, 5.41) is 21.8. The molecule has 134 valence electrons. The predicted octanol–water partition coefficient (Wildman–Crippen LogP) is 3.74. The van der Waals surface area contributed by atoms with Gasteiger partial charge < -0.3 is 4.74 Å². The van der Waals surface area contributed by atoms with E-state index in [1.165, 1.54) is 24.3 Å². The maximum absolute atomic E-state index is 10.9. The molecule has 2 aliphatic rings. The molecule has 2 saturated heterocycles. The molecule has 0 aromatic heterocycles. The average molecular weight is 355 g/mol. The summed E-state index contributed by atoms with van der Waals surface area (Å²) in [6, 6.07) is 12.9. The molecule has 2 fully saturated rings. The first-order valence-electron chi connectivity index (χ1n) is 8.44. The monoisotopic (exact) mass is 355 g/mol. The van der Waals surface area contributed by atoms with E-state index in [0.717, 1.165) is 30.5 Å². The maximum atomic E-state index is 10.9. The number of fused-ring (bicyclic) bond motifs is 1. The van der Waals surface area contributed by atoms with Gasteiger partial charge in [0.05, 0.1) is 15.9 Å². The van der Waals surface area contributed by atoms with E-state index in [2.05, 4.69) is 4.90 Å². The minimum Gasteiger partial charge on any atom is -0.353 e. The van der Waals surface area contributed by atoms with E-state index >= 15 is 0 Å². The third-order valence-electron chi connectivity index (χ3n) is 5.06. The van der Waals surface area contributed by atoms with E-state index < -0.39 is 9.85 Å². The van der Waals surface area contributed by atoms with Crippen molar-refractivity contribution in [1.82, 2.24) is 4.90 Å². The number of non-ortho nitro benzene ring substituents is 2. The average Bonchev–Trinajstić information content (AvgIpc) is 3.23. The topological polar surface area (TPSA) is 98.8 Å². The van der Waals surface area contributed by atoms with Crippen LogP contribution in [0.2, 0.25) is 0 Å². The fraction of sp³-hybridized carbons (Fsp3) is 0.333. The lowest BCUT2D eigenvalue weighted by molar-refractivity contribution is -0.385. The molecule has 8 nitrogen and oxygen atoms in total. The molecule has 1 unspecified atom stereocenters. The summed E-state index contributed by atoms with van der Waals surface area (Å²) < 4.78 is 6.24. The molecule has 4 rings (SSSR count). The van der Waals surface area contributed by atoms with Gasteiger partial charge in [-0.05, 0) is 36.1 Å². The highest BCUT2D eigenvalue weighted by molar-refractivity contribution is 5.38. The zero-order valence-electron chi connectivity index (χ0n) is 13.9. The van der Waals surface area contributed by atoms with Gasteiger partial charge in [0.2, 0.25) is 0 Å². The molecule has 0 spiro atoms. The van der Waals surface area contributed by atoms with Crippen LogP contribution in [0.15, 0.2) is 48.5 Å². The Labute approximate surface area is 149 Å². The van der Waals surface area contributed by atoms with Crippen molar-refractivity contribution in [3.05, 3.63) is 79.9 Å². The molecule has 0 radical (unpaired) electrons. The van der Waals surface area contributed by atoms with Crippen molar-refractivity contribution in [1.29, 1.82) is 0 Å². The first kappa shape index (κ1) is 16.6. The van der Waals surface area contributed by atoms with Crippen molar-refractivity contribution >= 4 is 11.4 Å². The third-order valence-corrected chi connectivity index (χ3v) is 5.06. The summed E-state index contributed by atoms with van der Waals surface area (Å²) in [6.45, 7) is 0.899. The highest BCUT2D eigenvalue weighted by atomic mass is 16.6. The number of nitrogens with zero attached hydrogens (tertiary/aromatic N) is 3. The Hall–Kier alpha value is -2.84. The summed E-state index contributed by atoms with van der Waals surface area (Å²) in [7, 11) is 0. The molecule has 0 aliphatic carbocycles.